The van der Waals surface area contributed by atoms with E-state index in [1.54, 1.807) is 17.0 Å². The lowest BCUT2D eigenvalue weighted by atomic mass is 9.99. The summed E-state index contributed by atoms with van der Waals surface area (Å²) in [5.74, 6) is 0.0184. The predicted octanol–water partition coefficient (Wildman–Crippen LogP) is 3.13. The fourth-order valence-electron chi connectivity index (χ4n) is 3.97. The molecule has 140 valence electrons. The predicted molar refractivity (Wildman–Crippen MR) is 107 cm³/mol. The second-order valence-corrected chi connectivity index (χ2v) is 7.37. The van der Waals surface area contributed by atoms with Gasteiger partial charge in [-0.2, -0.15) is 0 Å². The van der Waals surface area contributed by atoms with Gasteiger partial charge < -0.3 is 15.1 Å². The number of rotatable bonds is 4. The first-order valence-corrected chi connectivity index (χ1v) is 9.63. The minimum atomic E-state index is -0.113. The molecule has 0 bridgehead atoms. The summed E-state index contributed by atoms with van der Waals surface area (Å²) in [5.41, 5.74) is 5.15. The third kappa shape index (κ3) is 3.68. The molecule has 5 heteroatoms. The molecule has 0 atom stereocenters. The maximum Gasteiger partial charge on any atom is 0.251 e. The fraction of sp³-hybridized carbons (Fsp3) is 0.364. The van der Waals surface area contributed by atoms with E-state index in [4.69, 9.17) is 0 Å². The smallest absolute Gasteiger partial charge is 0.251 e. The number of anilines is 2. The molecule has 2 amide bonds. The fourth-order valence-corrected chi connectivity index (χ4v) is 3.97. The maximum absolute atomic E-state index is 12.6. The number of carbonyl (C=O) groups excluding carboxylic acids is 2. The van der Waals surface area contributed by atoms with Gasteiger partial charge in [0.25, 0.3) is 5.91 Å². The summed E-state index contributed by atoms with van der Waals surface area (Å²) in [6.07, 6.45) is 3.72. The van der Waals surface area contributed by atoms with Gasteiger partial charge in [0.1, 0.15) is 0 Å². The van der Waals surface area contributed by atoms with E-state index in [1.165, 1.54) is 17.7 Å². The topological polar surface area (TPSA) is 52.7 Å². The van der Waals surface area contributed by atoms with Crippen molar-refractivity contribution in [2.24, 2.45) is 0 Å². The van der Waals surface area contributed by atoms with Gasteiger partial charge in [0.05, 0.1) is 0 Å². The minimum absolute atomic E-state index is 0.113. The molecule has 0 aliphatic carbocycles. The number of hydrogen-bond acceptors (Lipinski definition) is 3. The lowest BCUT2D eigenvalue weighted by Gasteiger charge is -2.27. The highest BCUT2D eigenvalue weighted by molar-refractivity contribution is 5.99. The second kappa shape index (κ2) is 7.43. The van der Waals surface area contributed by atoms with Crippen LogP contribution in [-0.2, 0) is 17.8 Å². The summed E-state index contributed by atoms with van der Waals surface area (Å²) in [5, 5.41) is 3.01. The Kier molecular flexibility index (Phi) is 4.84. The first-order chi connectivity index (χ1) is 13.1. The van der Waals surface area contributed by atoms with Crippen LogP contribution in [0.4, 0.5) is 11.4 Å². The summed E-state index contributed by atoms with van der Waals surface area (Å²) < 4.78 is 0. The quantitative estimate of drug-likeness (QED) is 0.908. The van der Waals surface area contributed by atoms with Gasteiger partial charge in [-0.15, -0.1) is 0 Å². The van der Waals surface area contributed by atoms with Crippen LogP contribution in [0.5, 0.6) is 0 Å². The normalized spacial score (nSPS) is 16.4. The standard InChI is InChI=1S/C22H25N3O2/c1-24-11-3-6-17-13-16(9-10-20(17)24)15-23-22(27)18-5-2-7-19(14-18)25-12-4-8-21(25)26/h2,5,7,9-10,13-14H,3-4,6,8,11-12,15H2,1H3,(H,23,27). The first-order valence-electron chi connectivity index (χ1n) is 9.63. The highest BCUT2D eigenvalue weighted by Gasteiger charge is 2.22. The van der Waals surface area contributed by atoms with Gasteiger partial charge in [-0.3, -0.25) is 9.59 Å². The molecule has 1 N–H and O–H groups in total. The molecule has 1 fully saturated rings. The van der Waals surface area contributed by atoms with Crippen molar-refractivity contribution in [3.63, 3.8) is 0 Å². The molecule has 2 aliphatic rings. The van der Waals surface area contributed by atoms with Crippen LogP contribution in [0.15, 0.2) is 42.5 Å². The van der Waals surface area contributed by atoms with Gasteiger partial charge in [0.15, 0.2) is 0 Å². The Morgan fingerprint density at radius 3 is 2.74 bits per heavy atom. The first kappa shape index (κ1) is 17.6. The SMILES string of the molecule is CN1CCCc2cc(CNC(=O)c3cccc(N4CCCC4=O)c3)ccc21. The Balaban J connectivity index is 1.43. The van der Waals surface area contributed by atoms with Crippen LogP contribution in [0, 0.1) is 0 Å². The molecule has 0 aromatic heterocycles. The molecule has 0 saturated carbocycles. The Labute approximate surface area is 160 Å². The van der Waals surface area contributed by atoms with Crippen molar-refractivity contribution in [2.45, 2.75) is 32.2 Å². The van der Waals surface area contributed by atoms with E-state index in [0.29, 0.717) is 18.5 Å². The van der Waals surface area contributed by atoms with Crippen molar-refractivity contribution < 1.29 is 9.59 Å². The van der Waals surface area contributed by atoms with Gasteiger partial charge in [0.2, 0.25) is 5.91 Å². The van der Waals surface area contributed by atoms with Crippen LogP contribution in [0.3, 0.4) is 0 Å². The van der Waals surface area contributed by atoms with Crippen LogP contribution in [0.2, 0.25) is 0 Å². The van der Waals surface area contributed by atoms with Gasteiger partial charge in [-0.05, 0) is 54.7 Å². The van der Waals surface area contributed by atoms with Crippen LogP contribution in [0.1, 0.15) is 40.7 Å². The highest BCUT2D eigenvalue weighted by atomic mass is 16.2. The molecule has 27 heavy (non-hydrogen) atoms. The summed E-state index contributed by atoms with van der Waals surface area (Å²) in [7, 11) is 2.12. The third-order valence-electron chi connectivity index (χ3n) is 5.44. The number of nitrogens with zero attached hydrogens (tertiary/aromatic N) is 2. The molecule has 0 radical (unpaired) electrons. The zero-order chi connectivity index (χ0) is 18.8. The Morgan fingerprint density at radius 2 is 1.93 bits per heavy atom. The van der Waals surface area contributed by atoms with Gasteiger partial charge in [0, 0.05) is 50.0 Å². The van der Waals surface area contributed by atoms with Crippen molar-refractivity contribution in [3.8, 4) is 0 Å². The molecule has 2 aliphatic heterocycles. The van der Waals surface area contributed by atoms with Gasteiger partial charge in [-0.1, -0.05) is 18.2 Å². The number of aryl methyl sites for hydroxylation is 1. The lowest BCUT2D eigenvalue weighted by Crippen LogP contribution is -2.26. The number of hydrogen-bond donors (Lipinski definition) is 1. The van der Waals surface area contributed by atoms with E-state index in [1.807, 2.05) is 12.1 Å². The van der Waals surface area contributed by atoms with Crippen molar-refractivity contribution in [1.29, 1.82) is 0 Å². The van der Waals surface area contributed by atoms with E-state index in [9.17, 15) is 9.59 Å². The Hall–Kier alpha value is -2.82. The molecular formula is C22H25N3O2. The van der Waals surface area contributed by atoms with Crippen molar-refractivity contribution >= 4 is 23.2 Å². The zero-order valence-corrected chi connectivity index (χ0v) is 15.7. The summed E-state index contributed by atoms with van der Waals surface area (Å²) in [4.78, 5) is 28.6. The molecular weight excluding hydrogens is 338 g/mol. The monoisotopic (exact) mass is 363 g/mol. The van der Waals surface area contributed by atoms with Crippen LogP contribution in [-0.4, -0.2) is 32.0 Å². The van der Waals surface area contributed by atoms with E-state index in [0.717, 1.165) is 37.2 Å². The van der Waals surface area contributed by atoms with Crippen LogP contribution >= 0.6 is 0 Å². The average Bonchev–Trinajstić information content (AvgIpc) is 3.12. The van der Waals surface area contributed by atoms with Gasteiger partial charge in [-0.25, -0.2) is 0 Å². The number of nitrogens with one attached hydrogen (secondary N) is 1. The zero-order valence-electron chi connectivity index (χ0n) is 15.7. The lowest BCUT2D eigenvalue weighted by molar-refractivity contribution is -0.117. The van der Waals surface area contributed by atoms with E-state index >= 15 is 0 Å². The summed E-state index contributed by atoms with van der Waals surface area (Å²) in [6.45, 7) is 2.33. The molecule has 0 spiro atoms. The Morgan fingerprint density at radius 1 is 1.07 bits per heavy atom. The van der Waals surface area contributed by atoms with Crippen molar-refractivity contribution in [2.75, 3.05) is 29.9 Å². The van der Waals surface area contributed by atoms with E-state index in [2.05, 4.69) is 35.5 Å². The van der Waals surface area contributed by atoms with Crippen molar-refractivity contribution in [3.05, 3.63) is 59.2 Å². The minimum Gasteiger partial charge on any atom is -0.374 e. The largest absolute Gasteiger partial charge is 0.374 e. The van der Waals surface area contributed by atoms with Crippen LogP contribution < -0.4 is 15.1 Å². The second-order valence-electron chi connectivity index (χ2n) is 7.37. The molecule has 1 saturated heterocycles. The van der Waals surface area contributed by atoms with Crippen molar-refractivity contribution in [1.82, 2.24) is 5.32 Å². The maximum atomic E-state index is 12.6. The molecule has 0 unspecified atom stereocenters. The average molecular weight is 363 g/mol. The van der Waals surface area contributed by atoms with Crippen LogP contribution in [0.25, 0.3) is 0 Å². The highest BCUT2D eigenvalue weighted by Crippen LogP contribution is 2.27. The number of benzene rings is 2. The third-order valence-corrected chi connectivity index (χ3v) is 5.44. The number of fused-ring (bicyclic) bond motifs is 1. The molecule has 2 heterocycles. The molecule has 2 aromatic rings. The van der Waals surface area contributed by atoms with E-state index < -0.39 is 0 Å². The number of amides is 2. The molecule has 4 rings (SSSR count). The van der Waals surface area contributed by atoms with Gasteiger partial charge >= 0.3 is 0 Å². The number of carbonyl (C=O) groups is 2. The van der Waals surface area contributed by atoms with E-state index in [-0.39, 0.29) is 11.8 Å². The summed E-state index contributed by atoms with van der Waals surface area (Å²) >= 11 is 0. The Bertz CT molecular complexity index is 878. The summed E-state index contributed by atoms with van der Waals surface area (Å²) in [6, 6.07) is 13.8. The molecule has 5 nitrogen and oxygen atoms in total. The molecule has 2 aromatic carbocycles.